The van der Waals surface area contributed by atoms with Crippen LogP contribution < -0.4 is 10.2 Å². The topological polar surface area (TPSA) is 61.4 Å². The second-order valence-electron chi connectivity index (χ2n) is 5.21. The second kappa shape index (κ2) is 7.51. The molecule has 2 aromatic rings. The zero-order valence-electron chi connectivity index (χ0n) is 13.2. The van der Waals surface area contributed by atoms with Crippen LogP contribution in [0.2, 0.25) is 0 Å². The van der Waals surface area contributed by atoms with E-state index in [4.69, 9.17) is 0 Å². The lowest BCUT2D eigenvalue weighted by Crippen LogP contribution is -2.31. The monoisotopic (exact) mass is 299 g/mol. The summed E-state index contributed by atoms with van der Waals surface area (Å²) in [6, 6.07) is 9.87. The molecule has 0 saturated heterocycles. The van der Waals surface area contributed by atoms with Crippen LogP contribution in [-0.2, 0) is 0 Å². The van der Waals surface area contributed by atoms with Gasteiger partial charge in [0.15, 0.2) is 5.82 Å². The number of hydrogen-bond acceptors (Lipinski definition) is 5. The van der Waals surface area contributed by atoms with Crippen molar-refractivity contribution in [2.24, 2.45) is 0 Å². The molecule has 0 radical (unpaired) electrons. The molecule has 22 heavy (non-hydrogen) atoms. The summed E-state index contributed by atoms with van der Waals surface area (Å²) in [4.78, 5) is 24.4. The standard InChI is InChI=1S/C16H21N5O/c1-20(2)10-9-17-16(22)14-11-19-15(12-18-14)21(3)13-7-5-4-6-8-13/h4-8,11-12H,9-10H2,1-3H3,(H,17,22). The number of nitrogens with zero attached hydrogens (tertiary/aromatic N) is 4. The van der Waals surface area contributed by atoms with Crippen molar-refractivity contribution in [3.63, 3.8) is 0 Å². The second-order valence-corrected chi connectivity index (χ2v) is 5.21. The SMILES string of the molecule is CN(C)CCNC(=O)c1cnc(N(C)c2ccccc2)cn1. The molecule has 1 aromatic heterocycles. The number of hydrogen-bond donors (Lipinski definition) is 1. The summed E-state index contributed by atoms with van der Waals surface area (Å²) >= 11 is 0. The smallest absolute Gasteiger partial charge is 0.271 e. The van der Waals surface area contributed by atoms with Crippen molar-refractivity contribution < 1.29 is 4.79 Å². The molecule has 1 amide bonds. The number of amides is 1. The fourth-order valence-corrected chi connectivity index (χ4v) is 1.88. The highest BCUT2D eigenvalue weighted by molar-refractivity contribution is 5.92. The van der Waals surface area contributed by atoms with E-state index in [-0.39, 0.29) is 5.91 Å². The van der Waals surface area contributed by atoms with E-state index >= 15 is 0 Å². The van der Waals surface area contributed by atoms with Gasteiger partial charge in [-0.2, -0.15) is 0 Å². The third-order valence-electron chi connectivity index (χ3n) is 3.20. The van der Waals surface area contributed by atoms with E-state index < -0.39 is 0 Å². The van der Waals surface area contributed by atoms with Gasteiger partial charge in [0.25, 0.3) is 5.91 Å². The first kappa shape index (κ1) is 15.9. The van der Waals surface area contributed by atoms with E-state index in [1.165, 1.54) is 6.20 Å². The number of rotatable bonds is 6. The molecule has 6 nitrogen and oxygen atoms in total. The van der Waals surface area contributed by atoms with Gasteiger partial charge >= 0.3 is 0 Å². The molecule has 1 aromatic carbocycles. The first-order valence-corrected chi connectivity index (χ1v) is 7.11. The molecule has 1 N–H and O–H groups in total. The summed E-state index contributed by atoms with van der Waals surface area (Å²) in [6.45, 7) is 1.37. The zero-order valence-corrected chi connectivity index (χ0v) is 13.2. The molecule has 0 saturated carbocycles. The van der Waals surface area contributed by atoms with Crippen molar-refractivity contribution in [2.75, 3.05) is 39.1 Å². The van der Waals surface area contributed by atoms with E-state index in [2.05, 4.69) is 15.3 Å². The average molecular weight is 299 g/mol. The number of nitrogens with one attached hydrogen (secondary N) is 1. The number of aromatic nitrogens is 2. The van der Waals surface area contributed by atoms with Crippen LogP contribution in [0, 0.1) is 0 Å². The predicted octanol–water partition coefficient (Wildman–Crippen LogP) is 1.54. The van der Waals surface area contributed by atoms with Crippen LogP contribution in [0.25, 0.3) is 0 Å². The van der Waals surface area contributed by atoms with Crippen LogP contribution in [0.5, 0.6) is 0 Å². The van der Waals surface area contributed by atoms with Crippen molar-refractivity contribution in [1.82, 2.24) is 20.2 Å². The third-order valence-corrected chi connectivity index (χ3v) is 3.20. The highest BCUT2D eigenvalue weighted by atomic mass is 16.1. The molecule has 0 unspecified atom stereocenters. The van der Waals surface area contributed by atoms with Crippen molar-refractivity contribution in [3.8, 4) is 0 Å². The Balaban J connectivity index is 1.99. The maximum atomic E-state index is 11.9. The highest BCUT2D eigenvalue weighted by Gasteiger charge is 2.10. The van der Waals surface area contributed by atoms with Crippen LogP contribution in [0.1, 0.15) is 10.5 Å². The van der Waals surface area contributed by atoms with E-state index in [0.29, 0.717) is 18.1 Å². The fourth-order valence-electron chi connectivity index (χ4n) is 1.88. The van der Waals surface area contributed by atoms with E-state index in [1.807, 2.05) is 61.3 Å². The van der Waals surface area contributed by atoms with Crippen molar-refractivity contribution in [2.45, 2.75) is 0 Å². The molecule has 0 spiro atoms. The molecule has 6 heteroatoms. The summed E-state index contributed by atoms with van der Waals surface area (Å²) in [5.74, 6) is 0.485. The van der Waals surface area contributed by atoms with Gasteiger partial charge in [-0.25, -0.2) is 9.97 Å². The van der Waals surface area contributed by atoms with Gasteiger partial charge in [-0.1, -0.05) is 18.2 Å². The zero-order chi connectivity index (χ0) is 15.9. The lowest BCUT2D eigenvalue weighted by atomic mass is 10.3. The molecule has 0 aliphatic carbocycles. The molecule has 0 fully saturated rings. The Bertz CT molecular complexity index is 598. The van der Waals surface area contributed by atoms with Crippen LogP contribution in [-0.4, -0.2) is 55.0 Å². The number of carbonyl (C=O) groups is 1. The fraction of sp³-hybridized carbons (Fsp3) is 0.312. The number of para-hydroxylation sites is 1. The number of anilines is 2. The lowest BCUT2D eigenvalue weighted by Gasteiger charge is -2.17. The average Bonchev–Trinajstić information content (AvgIpc) is 2.54. The minimum Gasteiger partial charge on any atom is -0.349 e. The number of likely N-dealkylation sites (N-methyl/N-ethyl adjacent to an activating group) is 1. The third kappa shape index (κ3) is 4.26. The highest BCUT2D eigenvalue weighted by Crippen LogP contribution is 2.19. The Kier molecular flexibility index (Phi) is 5.43. The summed E-state index contributed by atoms with van der Waals surface area (Å²) in [7, 11) is 5.83. The summed E-state index contributed by atoms with van der Waals surface area (Å²) < 4.78 is 0. The van der Waals surface area contributed by atoms with Crippen LogP contribution >= 0.6 is 0 Å². The molecule has 1 heterocycles. The van der Waals surface area contributed by atoms with Gasteiger partial charge in [-0.15, -0.1) is 0 Å². The largest absolute Gasteiger partial charge is 0.349 e. The lowest BCUT2D eigenvalue weighted by molar-refractivity contribution is 0.0945. The maximum absolute atomic E-state index is 11.9. The first-order valence-electron chi connectivity index (χ1n) is 7.11. The minimum absolute atomic E-state index is 0.205. The Morgan fingerprint density at radius 3 is 2.41 bits per heavy atom. The van der Waals surface area contributed by atoms with Gasteiger partial charge in [-0.05, 0) is 26.2 Å². The van der Waals surface area contributed by atoms with Gasteiger partial charge in [-0.3, -0.25) is 4.79 Å². The van der Waals surface area contributed by atoms with Crippen molar-refractivity contribution >= 4 is 17.4 Å². The van der Waals surface area contributed by atoms with Gasteiger partial charge in [0, 0.05) is 25.8 Å². The van der Waals surface area contributed by atoms with Crippen LogP contribution in [0.3, 0.4) is 0 Å². The molecule has 0 aliphatic rings. The minimum atomic E-state index is -0.205. The first-order chi connectivity index (χ1) is 10.6. The van der Waals surface area contributed by atoms with Crippen LogP contribution in [0.15, 0.2) is 42.7 Å². The molecule has 2 rings (SSSR count). The van der Waals surface area contributed by atoms with Crippen molar-refractivity contribution in [3.05, 3.63) is 48.4 Å². The predicted molar refractivity (Wildman–Crippen MR) is 87.4 cm³/mol. The molecule has 116 valence electrons. The Labute approximate surface area is 130 Å². The van der Waals surface area contributed by atoms with Gasteiger partial charge < -0.3 is 15.1 Å². The van der Waals surface area contributed by atoms with Gasteiger partial charge in [0.05, 0.1) is 12.4 Å². The van der Waals surface area contributed by atoms with E-state index in [1.54, 1.807) is 6.20 Å². The summed E-state index contributed by atoms with van der Waals surface area (Å²) in [5, 5.41) is 2.81. The normalized spacial score (nSPS) is 10.5. The van der Waals surface area contributed by atoms with Crippen molar-refractivity contribution in [1.29, 1.82) is 0 Å². The quantitative estimate of drug-likeness (QED) is 0.876. The molecular formula is C16H21N5O. The Morgan fingerprint density at radius 1 is 1.09 bits per heavy atom. The summed E-state index contributed by atoms with van der Waals surface area (Å²) in [6.07, 6.45) is 3.10. The van der Waals surface area contributed by atoms with Gasteiger partial charge in [0.1, 0.15) is 5.69 Å². The number of carbonyl (C=O) groups excluding carboxylic acids is 1. The molecule has 0 bridgehead atoms. The maximum Gasteiger partial charge on any atom is 0.271 e. The van der Waals surface area contributed by atoms with Gasteiger partial charge in [0.2, 0.25) is 0 Å². The Hall–Kier alpha value is -2.47. The molecule has 0 aliphatic heterocycles. The number of benzene rings is 1. The Morgan fingerprint density at radius 2 is 1.82 bits per heavy atom. The molecule has 0 atom stereocenters. The molecular weight excluding hydrogens is 278 g/mol. The van der Waals surface area contributed by atoms with E-state index in [9.17, 15) is 4.79 Å². The van der Waals surface area contributed by atoms with E-state index in [0.717, 1.165) is 12.2 Å². The summed E-state index contributed by atoms with van der Waals surface area (Å²) in [5.41, 5.74) is 1.34. The van der Waals surface area contributed by atoms with Crippen LogP contribution in [0.4, 0.5) is 11.5 Å².